The molecule has 2 fully saturated rings. The number of piperazine rings is 1. The maximum atomic E-state index is 12.4. The third kappa shape index (κ3) is 2.91. The van der Waals surface area contributed by atoms with Crippen LogP contribution in [0.1, 0.15) is 31.1 Å². The zero-order chi connectivity index (χ0) is 17.5. The van der Waals surface area contributed by atoms with Crippen LogP contribution in [0, 0.1) is 0 Å². The van der Waals surface area contributed by atoms with Crippen LogP contribution in [0.15, 0.2) is 18.2 Å². The topological polar surface area (TPSA) is 99.5 Å². The van der Waals surface area contributed by atoms with Crippen molar-refractivity contribution in [3.05, 3.63) is 23.8 Å². The number of amides is 2. The molecular weight excluding hydrogens is 306 g/mol. The molecule has 0 aromatic heterocycles. The van der Waals surface area contributed by atoms with Gasteiger partial charge in [0.25, 0.3) is 5.91 Å². The summed E-state index contributed by atoms with van der Waals surface area (Å²) in [6.07, 6.45) is 0. The fourth-order valence-corrected chi connectivity index (χ4v) is 3.33. The Labute approximate surface area is 142 Å². The number of fused-ring (bicyclic) bond motifs is 1. The Morgan fingerprint density at radius 1 is 1.46 bits per heavy atom. The summed E-state index contributed by atoms with van der Waals surface area (Å²) in [5.41, 5.74) is 7.95. The van der Waals surface area contributed by atoms with Crippen LogP contribution in [0.4, 0.5) is 11.4 Å². The third-order valence-electron chi connectivity index (χ3n) is 4.78. The van der Waals surface area contributed by atoms with E-state index in [2.05, 4.69) is 27.8 Å². The van der Waals surface area contributed by atoms with Gasteiger partial charge < -0.3 is 26.6 Å². The lowest BCUT2D eigenvalue weighted by Gasteiger charge is -2.65. The number of hydrogen-bond donors (Lipinski definition) is 4. The standard InChI is InChI=1S/C17H25N5O2/c1-10(2)21-15(23)8-19-16(24)12-6-11(4-5-13(12)18)22-9-17(3)14(22)7-20-17/h4-6,10,14,20H,7-9,18H2,1-3H3,(H,19,24)(H,21,23). The van der Waals surface area contributed by atoms with Crippen LogP contribution in [0.3, 0.4) is 0 Å². The highest BCUT2D eigenvalue weighted by molar-refractivity contribution is 6.01. The van der Waals surface area contributed by atoms with Gasteiger partial charge in [-0.25, -0.2) is 0 Å². The highest BCUT2D eigenvalue weighted by atomic mass is 16.2. The van der Waals surface area contributed by atoms with E-state index < -0.39 is 0 Å². The first-order valence-electron chi connectivity index (χ1n) is 8.29. The van der Waals surface area contributed by atoms with E-state index in [4.69, 9.17) is 5.73 Å². The molecule has 2 aliphatic rings. The molecule has 2 unspecified atom stereocenters. The number of nitrogens with two attached hydrogens (primary N) is 1. The van der Waals surface area contributed by atoms with E-state index in [9.17, 15) is 9.59 Å². The molecule has 3 rings (SSSR count). The van der Waals surface area contributed by atoms with E-state index in [1.807, 2.05) is 26.0 Å². The van der Waals surface area contributed by atoms with Gasteiger partial charge in [-0.1, -0.05) is 0 Å². The lowest BCUT2D eigenvalue weighted by Crippen LogP contribution is -2.85. The van der Waals surface area contributed by atoms with Crippen molar-refractivity contribution in [2.24, 2.45) is 0 Å². The van der Waals surface area contributed by atoms with Gasteiger partial charge in [0.15, 0.2) is 0 Å². The number of nitrogens with zero attached hydrogens (tertiary/aromatic N) is 1. The summed E-state index contributed by atoms with van der Waals surface area (Å²) in [5.74, 6) is -0.546. The van der Waals surface area contributed by atoms with Crippen LogP contribution >= 0.6 is 0 Å². The minimum Gasteiger partial charge on any atom is -0.398 e. The van der Waals surface area contributed by atoms with Crippen molar-refractivity contribution in [2.75, 3.05) is 30.3 Å². The molecule has 0 saturated carbocycles. The summed E-state index contributed by atoms with van der Waals surface area (Å²) in [6.45, 7) is 7.76. The average Bonchev–Trinajstić information content (AvgIpc) is 2.51. The van der Waals surface area contributed by atoms with E-state index >= 15 is 0 Å². The van der Waals surface area contributed by atoms with Crippen molar-refractivity contribution in [1.82, 2.24) is 16.0 Å². The summed E-state index contributed by atoms with van der Waals surface area (Å²) in [7, 11) is 0. The Morgan fingerprint density at radius 2 is 2.21 bits per heavy atom. The largest absolute Gasteiger partial charge is 0.398 e. The highest BCUT2D eigenvalue weighted by Gasteiger charge is 2.55. The van der Waals surface area contributed by atoms with E-state index in [0.717, 1.165) is 18.8 Å². The molecule has 2 heterocycles. The Balaban J connectivity index is 1.66. The zero-order valence-electron chi connectivity index (χ0n) is 14.3. The molecule has 0 radical (unpaired) electrons. The summed E-state index contributed by atoms with van der Waals surface area (Å²) in [6, 6.07) is 6.01. The first-order chi connectivity index (χ1) is 11.3. The summed E-state index contributed by atoms with van der Waals surface area (Å²) >= 11 is 0. The van der Waals surface area contributed by atoms with Gasteiger partial charge in [-0.15, -0.1) is 0 Å². The predicted octanol–water partition coefficient (Wildman–Crippen LogP) is 0.0737. The molecule has 2 amide bonds. The van der Waals surface area contributed by atoms with Crippen LogP contribution < -0.4 is 26.6 Å². The number of carbonyl (C=O) groups is 2. The molecule has 2 aliphatic heterocycles. The lowest BCUT2D eigenvalue weighted by atomic mass is 9.74. The van der Waals surface area contributed by atoms with Gasteiger partial charge in [0.2, 0.25) is 5.91 Å². The predicted molar refractivity (Wildman–Crippen MR) is 94.0 cm³/mol. The molecule has 2 atom stereocenters. The number of nitrogen functional groups attached to an aromatic ring is 1. The van der Waals surface area contributed by atoms with Crippen LogP contribution in [0.5, 0.6) is 0 Å². The monoisotopic (exact) mass is 331 g/mol. The van der Waals surface area contributed by atoms with Crippen molar-refractivity contribution in [2.45, 2.75) is 38.4 Å². The molecule has 2 saturated heterocycles. The second-order valence-corrected chi connectivity index (χ2v) is 7.12. The molecule has 0 bridgehead atoms. The number of rotatable bonds is 5. The van der Waals surface area contributed by atoms with Gasteiger partial charge in [0.1, 0.15) is 0 Å². The summed E-state index contributed by atoms with van der Waals surface area (Å²) in [5, 5.41) is 8.79. The number of anilines is 2. The van der Waals surface area contributed by atoms with Crippen LogP contribution in [-0.4, -0.2) is 49.1 Å². The molecular formula is C17H25N5O2. The van der Waals surface area contributed by atoms with Crippen LogP contribution in [0.2, 0.25) is 0 Å². The Morgan fingerprint density at radius 3 is 2.75 bits per heavy atom. The molecule has 1 aromatic rings. The van der Waals surface area contributed by atoms with Gasteiger partial charge in [0.05, 0.1) is 23.7 Å². The zero-order valence-corrected chi connectivity index (χ0v) is 14.3. The third-order valence-corrected chi connectivity index (χ3v) is 4.78. The second-order valence-electron chi connectivity index (χ2n) is 7.12. The minimum atomic E-state index is -0.330. The molecule has 5 N–H and O–H groups in total. The molecule has 24 heavy (non-hydrogen) atoms. The number of carbonyl (C=O) groups excluding carboxylic acids is 2. The fourth-order valence-electron chi connectivity index (χ4n) is 3.33. The van der Waals surface area contributed by atoms with E-state index in [-0.39, 0.29) is 29.9 Å². The van der Waals surface area contributed by atoms with E-state index in [1.54, 1.807) is 6.07 Å². The van der Waals surface area contributed by atoms with Crippen molar-refractivity contribution >= 4 is 23.2 Å². The van der Waals surface area contributed by atoms with Crippen LogP contribution in [0.25, 0.3) is 0 Å². The normalized spacial score (nSPS) is 24.7. The molecule has 130 valence electrons. The maximum Gasteiger partial charge on any atom is 0.253 e. The Hall–Kier alpha value is -2.28. The van der Waals surface area contributed by atoms with Crippen molar-refractivity contribution in [3.63, 3.8) is 0 Å². The van der Waals surface area contributed by atoms with Gasteiger partial charge in [-0.05, 0) is 39.0 Å². The van der Waals surface area contributed by atoms with Gasteiger partial charge >= 0.3 is 0 Å². The molecule has 0 aliphatic carbocycles. The molecule has 1 aromatic carbocycles. The Kier molecular flexibility index (Phi) is 4.13. The van der Waals surface area contributed by atoms with E-state index in [0.29, 0.717) is 17.3 Å². The quantitative estimate of drug-likeness (QED) is 0.573. The molecule has 7 heteroatoms. The lowest BCUT2D eigenvalue weighted by molar-refractivity contribution is -0.120. The minimum absolute atomic E-state index is 0.0413. The average molecular weight is 331 g/mol. The van der Waals surface area contributed by atoms with Crippen LogP contribution in [-0.2, 0) is 4.79 Å². The first kappa shape index (κ1) is 16.6. The maximum absolute atomic E-state index is 12.4. The number of hydrogen-bond acceptors (Lipinski definition) is 5. The van der Waals surface area contributed by atoms with Crippen molar-refractivity contribution in [1.29, 1.82) is 0 Å². The number of nitrogens with one attached hydrogen (secondary N) is 3. The Bertz CT molecular complexity index is 675. The van der Waals surface area contributed by atoms with Gasteiger partial charge in [-0.2, -0.15) is 0 Å². The van der Waals surface area contributed by atoms with Gasteiger partial charge in [0, 0.05) is 30.5 Å². The van der Waals surface area contributed by atoms with Crippen molar-refractivity contribution in [3.8, 4) is 0 Å². The van der Waals surface area contributed by atoms with E-state index in [1.165, 1.54) is 0 Å². The smallest absolute Gasteiger partial charge is 0.253 e. The second kappa shape index (κ2) is 5.98. The van der Waals surface area contributed by atoms with Crippen molar-refractivity contribution < 1.29 is 9.59 Å². The molecule has 7 nitrogen and oxygen atoms in total. The summed E-state index contributed by atoms with van der Waals surface area (Å²) < 4.78 is 0. The SMILES string of the molecule is CC(C)NC(=O)CNC(=O)c1cc(N2CC3(C)NCC23)ccc1N. The van der Waals surface area contributed by atoms with Gasteiger partial charge in [-0.3, -0.25) is 9.59 Å². The first-order valence-corrected chi connectivity index (χ1v) is 8.29. The fraction of sp³-hybridized carbons (Fsp3) is 0.529. The summed E-state index contributed by atoms with van der Waals surface area (Å²) in [4.78, 5) is 26.3. The molecule has 0 spiro atoms. The number of benzene rings is 1. The highest BCUT2D eigenvalue weighted by Crippen LogP contribution is 2.39.